The van der Waals surface area contributed by atoms with Crippen LogP contribution in [0.25, 0.3) is 5.69 Å². The van der Waals surface area contributed by atoms with Gasteiger partial charge in [0.15, 0.2) is 9.84 Å². The molecule has 1 aliphatic carbocycles. The number of sulfone groups is 1. The van der Waals surface area contributed by atoms with E-state index in [0.29, 0.717) is 17.5 Å². The predicted octanol–water partition coefficient (Wildman–Crippen LogP) is 1.54. The number of amides is 1. The van der Waals surface area contributed by atoms with Crippen LogP contribution in [0.2, 0.25) is 0 Å². The standard InChI is InChI=1S/C17H20N4O3S2/c22-15(18-13-8-9-26(23,24)11-13)10-25-17-19-16(12-6-7-12)21(20-17)14-4-2-1-3-5-14/h1-5,12-13H,6-11H2,(H,18,22). The van der Waals surface area contributed by atoms with Crippen molar-refractivity contribution in [2.24, 2.45) is 0 Å². The Kier molecular flexibility index (Phi) is 4.74. The van der Waals surface area contributed by atoms with Crippen molar-refractivity contribution in [3.05, 3.63) is 36.2 Å². The first-order valence-electron chi connectivity index (χ1n) is 8.65. The van der Waals surface area contributed by atoms with Crippen LogP contribution in [0.4, 0.5) is 0 Å². The number of para-hydroxylation sites is 1. The molecular weight excluding hydrogens is 372 g/mol. The van der Waals surface area contributed by atoms with Gasteiger partial charge in [0.1, 0.15) is 5.82 Å². The maximum Gasteiger partial charge on any atom is 0.230 e. The number of hydrogen-bond acceptors (Lipinski definition) is 6. The first-order chi connectivity index (χ1) is 12.5. The highest BCUT2D eigenvalue weighted by Crippen LogP contribution is 2.40. The van der Waals surface area contributed by atoms with Gasteiger partial charge in [-0.05, 0) is 31.4 Å². The van der Waals surface area contributed by atoms with Crippen LogP contribution in [0.3, 0.4) is 0 Å². The Morgan fingerprint density at radius 2 is 2.00 bits per heavy atom. The van der Waals surface area contributed by atoms with E-state index in [0.717, 1.165) is 24.4 Å². The Morgan fingerprint density at radius 1 is 1.23 bits per heavy atom. The first-order valence-corrected chi connectivity index (χ1v) is 11.5. The van der Waals surface area contributed by atoms with E-state index in [4.69, 9.17) is 0 Å². The molecule has 9 heteroatoms. The number of nitrogens with one attached hydrogen (secondary N) is 1. The molecule has 0 spiro atoms. The topological polar surface area (TPSA) is 93.9 Å². The van der Waals surface area contributed by atoms with Gasteiger partial charge in [0.25, 0.3) is 0 Å². The average molecular weight is 393 g/mol. The summed E-state index contributed by atoms with van der Waals surface area (Å²) in [5.41, 5.74) is 0.967. The molecule has 2 heterocycles. The fourth-order valence-corrected chi connectivity index (χ4v) is 5.35. The Balaban J connectivity index is 1.40. The zero-order chi connectivity index (χ0) is 18.1. The third kappa shape index (κ3) is 4.09. The van der Waals surface area contributed by atoms with Crippen LogP contribution < -0.4 is 5.32 Å². The molecule has 138 valence electrons. The molecule has 2 fully saturated rings. The fourth-order valence-electron chi connectivity index (χ4n) is 3.04. The van der Waals surface area contributed by atoms with E-state index in [2.05, 4.69) is 15.4 Å². The molecule has 0 bridgehead atoms. The maximum atomic E-state index is 12.1. The molecule has 26 heavy (non-hydrogen) atoms. The van der Waals surface area contributed by atoms with E-state index in [1.807, 2.05) is 35.0 Å². The Hall–Kier alpha value is -1.87. The molecule has 1 saturated carbocycles. The molecule has 2 aliphatic rings. The Morgan fingerprint density at radius 3 is 2.65 bits per heavy atom. The molecule has 1 amide bonds. The highest BCUT2D eigenvalue weighted by molar-refractivity contribution is 7.99. The van der Waals surface area contributed by atoms with Gasteiger partial charge in [0.2, 0.25) is 11.1 Å². The third-order valence-electron chi connectivity index (χ3n) is 4.49. The highest BCUT2D eigenvalue weighted by Gasteiger charge is 2.31. The zero-order valence-electron chi connectivity index (χ0n) is 14.2. The molecule has 1 aliphatic heterocycles. The molecule has 1 aromatic carbocycles. The molecule has 1 aromatic heterocycles. The van der Waals surface area contributed by atoms with Crippen molar-refractivity contribution in [2.75, 3.05) is 17.3 Å². The van der Waals surface area contributed by atoms with Crippen molar-refractivity contribution in [1.82, 2.24) is 20.1 Å². The number of benzene rings is 1. The van der Waals surface area contributed by atoms with Crippen LogP contribution >= 0.6 is 11.8 Å². The molecule has 1 N–H and O–H groups in total. The molecule has 4 rings (SSSR count). The lowest BCUT2D eigenvalue weighted by Gasteiger charge is -2.09. The number of carbonyl (C=O) groups excluding carboxylic acids is 1. The van der Waals surface area contributed by atoms with Gasteiger partial charge in [-0.2, -0.15) is 0 Å². The summed E-state index contributed by atoms with van der Waals surface area (Å²) < 4.78 is 24.8. The van der Waals surface area contributed by atoms with Crippen molar-refractivity contribution in [3.63, 3.8) is 0 Å². The molecule has 7 nitrogen and oxygen atoms in total. The van der Waals surface area contributed by atoms with Gasteiger partial charge in [0, 0.05) is 12.0 Å². The summed E-state index contributed by atoms with van der Waals surface area (Å²) in [5, 5.41) is 7.93. The minimum absolute atomic E-state index is 0.0378. The zero-order valence-corrected chi connectivity index (χ0v) is 15.8. The van der Waals surface area contributed by atoms with Crippen molar-refractivity contribution < 1.29 is 13.2 Å². The summed E-state index contributed by atoms with van der Waals surface area (Å²) in [4.78, 5) is 16.7. The number of nitrogens with zero attached hydrogens (tertiary/aromatic N) is 3. The molecule has 1 saturated heterocycles. The van der Waals surface area contributed by atoms with E-state index in [1.165, 1.54) is 11.8 Å². The number of aromatic nitrogens is 3. The molecule has 1 unspecified atom stereocenters. The van der Waals surface area contributed by atoms with Crippen LogP contribution in [0, 0.1) is 0 Å². The summed E-state index contributed by atoms with van der Waals surface area (Å²) in [6.07, 6.45) is 2.73. The molecule has 1 atom stereocenters. The summed E-state index contributed by atoms with van der Waals surface area (Å²) in [6, 6.07) is 9.59. The first kappa shape index (κ1) is 17.5. The van der Waals surface area contributed by atoms with E-state index < -0.39 is 9.84 Å². The van der Waals surface area contributed by atoms with Gasteiger partial charge in [0.05, 0.1) is 22.9 Å². The number of rotatable bonds is 6. The average Bonchev–Trinajstić information content (AvgIpc) is 3.29. The Labute approximate surface area is 156 Å². The normalized spacial score (nSPS) is 21.6. The number of hydrogen-bond donors (Lipinski definition) is 1. The van der Waals surface area contributed by atoms with Crippen LogP contribution in [0.1, 0.15) is 31.0 Å². The minimum atomic E-state index is -2.99. The van der Waals surface area contributed by atoms with Gasteiger partial charge in [-0.3, -0.25) is 4.79 Å². The Bertz CT molecular complexity index is 907. The van der Waals surface area contributed by atoms with Crippen LogP contribution in [-0.2, 0) is 14.6 Å². The minimum Gasteiger partial charge on any atom is -0.352 e. The second-order valence-electron chi connectivity index (χ2n) is 6.73. The quantitative estimate of drug-likeness (QED) is 0.750. The van der Waals surface area contributed by atoms with Gasteiger partial charge in [-0.25, -0.2) is 18.1 Å². The van der Waals surface area contributed by atoms with Crippen LogP contribution in [-0.4, -0.2) is 52.4 Å². The molecule has 2 aromatic rings. The third-order valence-corrected chi connectivity index (χ3v) is 7.09. The summed E-state index contributed by atoms with van der Waals surface area (Å²) >= 11 is 1.28. The van der Waals surface area contributed by atoms with Crippen molar-refractivity contribution in [1.29, 1.82) is 0 Å². The summed E-state index contributed by atoms with van der Waals surface area (Å²) in [5.74, 6) is 1.57. The SMILES string of the molecule is O=C(CSc1nc(C2CC2)n(-c2ccccc2)n1)NC1CCS(=O)(=O)C1. The van der Waals surface area contributed by atoms with Crippen LogP contribution in [0.15, 0.2) is 35.5 Å². The second-order valence-corrected chi connectivity index (χ2v) is 9.90. The highest BCUT2D eigenvalue weighted by atomic mass is 32.2. The van der Waals surface area contributed by atoms with Crippen molar-refractivity contribution in [2.45, 2.75) is 36.4 Å². The fraction of sp³-hybridized carbons (Fsp3) is 0.471. The second kappa shape index (κ2) is 7.03. The smallest absolute Gasteiger partial charge is 0.230 e. The molecule has 0 radical (unpaired) electrons. The molecular formula is C17H20N4O3S2. The van der Waals surface area contributed by atoms with Crippen LogP contribution in [0.5, 0.6) is 0 Å². The van der Waals surface area contributed by atoms with Gasteiger partial charge in [-0.15, -0.1) is 5.10 Å². The van der Waals surface area contributed by atoms with Gasteiger partial charge < -0.3 is 5.32 Å². The summed E-state index contributed by atoms with van der Waals surface area (Å²) in [7, 11) is -2.99. The largest absolute Gasteiger partial charge is 0.352 e. The number of carbonyl (C=O) groups is 1. The van der Waals surface area contributed by atoms with Gasteiger partial charge >= 0.3 is 0 Å². The lowest BCUT2D eigenvalue weighted by atomic mass is 10.3. The summed E-state index contributed by atoms with van der Waals surface area (Å²) in [6.45, 7) is 0. The maximum absolute atomic E-state index is 12.1. The van der Waals surface area contributed by atoms with E-state index >= 15 is 0 Å². The van der Waals surface area contributed by atoms with Crippen molar-refractivity contribution >= 4 is 27.5 Å². The van der Waals surface area contributed by atoms with Gasteiger partial charge in [-0.1, -0.05) is 30.0 Å². The monoisotopic (exact) mass is 392 g/mol. The lowest BCUT2D eigenvalue weighted by molar-refractivity contribution is -0.119. The predicted molar refractivity (Wildman–Crippen MR) is 99.3 cm³/mol. The van der Waals surface area contributed by atoms with E-state index in [-0.39, 0.29) is 29.2 Å². The van der Waals surface area contributed by atoms with Crippen molar-refractivity contribution in [3.8, 4) is 5.69 Å². The van der Waals surface area contributed by atoms with E-state index in [9.17, 15) is 13.2 Å². The van der Waals surface area contributed by atoms with E-state index in [1.54, 1.807) is 0 Å². The number of thioether (sulfide) groups is 1. The lowest BCUT2D eigenvalue weighted by Crippen LogP contribution is -2.36.